The van der Waals surface area contributed by atoms with Crippen molar-refractivity contribution in [2.24, 2.45) is 5.73 Å². The Morgan fingerprint density at radius 3 is 2.76 bits per heavy atom. The quantitative estimate of drug-likeness (QED) is 0.944. The van der Waals surface area contributed by atoms with Gasteiger partial charge in [-0.05, 0) is 36.8 Å². The maximum atomic E-state index is 12.7. The lowest BCUT2D eigenvalue weighted by atomic mass is 10.0. The van der Waals surface area contributed by atoms with Crippen LogP contribution in [0.5, 0.6) is 0 Å². The Morgan fingerprint density at radius 1 is 1.33 bits per heavy atom. The standard InChI is InChI=1S/C17H20N2OS/c1-12-6-8-13(9-7-12)16(18)17(20)19-10-2-4-14(19)15-5-3-11-21-15/h3,5-9,11,14,16H,2,4,10,18H2,1H3. The van der Waals surface area contributed by atoms with Crippen LogP contribution in [-0.2, 0) is 4.79 Å². The van der Waals surface area contributed by atoms with E-state index >= 15 is 0 Å². The van der Waals surface area contributed by atoms with Crippen LogP contribution in [-0.4, -0.2) is 17.4 Å². The van der Waals surface area contributed by atoms with E-state index in [-0.39, 0.29) is 11.9 Å². The summed E-state index contributed by atoms with van der Waals surface area (Å²) in [6, 6.07) is 11.7. The first-order chi connectivity index (χ1) is 10.2. The van der Waals surface area contributed by atoms with Crippen LogP contribution in [0.1, 0.15) is 40.9 Å². The normalized spacial score (nSPS) is 19.7. The topological polar surface area (TPSA) is 46.3 Å². The Bertz CT molecular complexity index is 606. The molecule has 1 aliphatic rings. The van der Waals surface area contributed by atoms with E-state index in [0.29, 0.717) is 0 Å². The van der Waals surface area contributed by atoms with Gasteiger partial charge in [-0.25, -0.2) is 0 Å². The molecule has 3 rings (SSSR count). The van der Waals surface area contributed by atoms with Gasteiger partial charge in [-0.1, -0.05) is 35.9 Å². The van der Waals surface area contributed by atoms with Crippen LogP contribution in [0.3, 0.4) is 0 Å². The van der Waals surface area contributed by atoms with Crippen molar-refractivity contribution in [1.29, 1.82) is 0 Å². The third kappa shape index (κ3) is 2.87. The van der Waals surface area contributed by atoms with E-state index in [0.717, 1.165) is 24.9 Å². The van der Waals surface area contributed by atoms with Gasteiger partial charge >= 0.3 is 0 Å². The highest BCUT2D eigenvalue weighted by molar-refractivity contribution is 7.10. The molecule has 1 saturated heterocycles. The largest absolute Gasteiger partial charge is 0.333 e. The highest BCUT2D eigenvalue weighted by Gasteiger charge is 2.33. The van der Waals surface area contributed by atoms with Crippen LogP contribution < -0.4 is 5.73 Å². The fraction of sp³-hybridized carbons (Fsp3) is 0.353. The molecule has 2 heterocycles. The second-order valence-electron chi connectivity index (χ2n) is 5.59. The van der Waals surface area contributed by atoms with Gasteiger partial charge in [0.05, 0.1) is 6.04 Å². The van der Waals surface area contributed by atoms with Crippen molar-refractivity contribution in [3.05, 3.63) is 57.8 Å². The highest BCUT2D eigenvalue weighted by atomic mass is 32.1. The van der Waals surface area contributed by atoms with Crippen molar-refractivity contribution < 1.29 is 4.79 Å². The van der Waals surface area contributed by atoms with Gasteiger partial charge in [-0.2, -0.15) is 0 Å². The van der Waals surface area contributed by atoms with Crippen LogP contribution in [0.2, 0.25) is 0 Å². The van der Waals surface area contributed by atoms with Gasteiger partial charge in [-0.3, -0.25) is 4.79 Å². The molecule has 1 fully saturated rings. The average Bonchev–Trinajstić information content (AvgIpc) is 3.17. The fourth-order valence-electron chi connectivity index (χ4n) is 2.90. The number of rotatable bonds is 3. The summed E-state index contributed by atoms with van der Waals surface area (Å²) >= 11 is 1.72. The number of hydrogen-bond acceptors (Lipinski definition) is 3. The highest BCUT2D eigenvalue weighted by Crippen LogP contribution is 2.35. The van der Waals surface area contributed by atoms with E-state index in [4.69, 9.17) is 5.73 Å². The van der Waals surface area contributed by atoms with Crippen molar-refractivity contribution in [1.82, 2.24) is 4.90 Å². The maximum Gasteiger partial charge on any atom is 0.244 e. The Hall–Kier alpha value is -1.65. The fourth-order valence-corrected chi connectivity index (χ4v) is 3.78. The van der Waals surface area contributed by atoms with Gasteiger partial charge in [0, 0.05) is 11.4 Å². The van der Waals surface area contributed by atoms with E-state index in [1.54, 1.807) is 11.3 Å². The Balaban J connectivity index is 1.79. The van der Waals surface area contributed by atoms with E-state index in [1.807, 2.05) is 42.2 Å². The van der Waals surface area contributed by atoms with E-state index in [1.165, 1.54) is 10.4 Å². The molecule has 0 saturated carbocycles. The molecular formula is C17H20N2OS. The predicted octanol–water partition coefficient (Wildman–Crippen LogP) is 3.42. The molecule has 0 spiro atoms. The molecule has 2 unspecified atom stereocenters. The SMILES string of the molecule is Cc1ccc(C(N)C(=O)N2CCCC2c2cccs2)cc1. The summed E-state index contributed by atoms with van der Waals surface area (Å²) in [5.74, 6) is 0.0368. The van der Waals surface area contributed by atoms with Crippen LogP contribution in [0.25, 0.3) is 0 Å². The molecule has 4 heteroatoms. The van der Waals surface area contributed by atoms with E-state index < -0.39 is 6.04 Å². The lowest BCUT2D eigenvalue weighted by molar-refractivity contribution is -0.133. The van der Waals surface area contributed by atoms with Gasteiger partial charge < -0.3 is 10.6 Å². The monoisotopic (exact) mass is 300 g/mol. The van der Waals surface area contributed by atoms with E-state index in [9.17, 15) is 4.79 Å². The summed E-state index contributed by atoms with van der Waals surface area (Å²) in [7, 11) is 0. The lowest BCUT2D eigenvalue weighted by Gasteiger charge is -2.27. The summed E-state index contributed by atoms with van der Waals surface area (Å²) in [6.07, 6.45) is 2.09. The van der Waals surface area contributed by atoms with Crippen molar-refractivity contribution in [2.45, 2.75) is 31.8 Å². The first-order valence-electron chi connectivity index (χ1n) is 7.33. The molecule has 1 aromatic heterocycles. The molecule has 21 heavy (non-hydrogen) atoms. The first kappa shape index (κ1) is 14.3. The number of likely N-dealkylation sites (tertiary alicyclic amines) is 1. The molecule has 0 radical (unpaired) electrons. The van der Waals surface area contributed by atoms with Crippen molar-refractivity contribution >= 4 is 17.2 Å². The predicted molar refractivity (Wildman–Crippen MR) is 86.1 cm³/mol. The number of thiophene rings is 1. The second-order valence-corrected chi connectivity index (χ2v) is 6.57. The minimum atomic E-state index is -0.564. The minimum absolute atomic E-state index is 0.0368. The number of aryl methyl sites for hydroxylation is 1. The summed E-state index contributed by atoms with van der Waals surface area (Å²) in [5, 5.41) is 2.07. The number of amides is 1. The molecule has 110 valence electrons. The van der Waals surface area contributed by atoms with Gasteiger partial charge in [0.1, 0.15) is 6.04 Å². The zero-order valence-electron chi connectivity index (χ0n) is 12.2. The molecule has 1 aliphatic heterocycles. The maximum absolute atomic E-state index is 12.7. The van der Waals surface area contributed by atoms with Gasteiger partial charge in [-0.15, -0.1) is 11.3 Å². The average molecular weight is 300 g/mol. The first-order valence-corrected chi connectivity index (χ1v) is 8.21. The Morgan fingerprint density at radius 2 is 2.10 bits per heavy atom. The number of carbonyl (C=O) groups excluding carboxylic acids is 1. The molecule has 2 aromatic rings. The summed E-state index contributed by atoms with van der Waals surface area (Å²) in [6.45, 7) is 2.84. The molecule has 2 N–H and O–H groups in total. The van der Waals surface area contributed by atoms with Crippen LogP contribution >= 0.6 is 11.3 Å². The molecule has 0 aliphatic carbocycles. The number of carbonyl (C=O) groups is 1. The van der Waals surface area contributed by atoms with Crippen LogP contribution in [0, 0.1) is 6.92 Å². The molecular weight excluding hydrogens is 280 g/mol. The lowest BCUT2D eigenvalue weighted by Crippen LogP contribution is -2.37. The van der Waals surface area contributed by atoms with Crippen LogP contribution in [0.15, 0.2) is 41.8 Å². The van der Waals surface area contributed by atoms with Crippen LogP contribution in [0.4, 0.5) is 0 Å². The number of benzene rings is 1. The van der Waals surface area contributed by atoms with Gasteiger partial charge in [0.15, 0.2) is 0 Å². The van der Waals surface area contributed by atoms with Crippen molar-refractivity contribution in [3.63, 3.8) is 0 Å². The van der Waals surface area contributed by atoms with Crippen molar-refractivity contribution in [2.75, 3.05) is 6.54 Å². The summed E-state index contributed by atoms with van der Waals surface area (Å²) in [5.41, 5.74) is 8.26. The van der Waals surface area contributed by atoms with Gasteiger partial charge in [0.2, 0.25) is 5.91 Å². The molecule has 3 nitrogen and oxygen atoms in total. The number of nitrogens with two attached hydrogens (primary N) is 1. The smallest absolute Gasteiger partial charge is 0.244 e. The third-order valence-electron chi connectivity index (χ3n) is 4.11. The van der Waals surface area contributed by atoms with E-state index in [2.05, 4.69) is 11.4 Å². The summed E-state index contributed by atoms with van der Waals surface area (Å²) in [4.78, 5) is 16.0. The molecule has 0 bridgehead atoms. The summed E-state index contributed by atoms with van der Waals surface area (Å²) < 4.78 is 0. The molecule has 1 amide bonds. The van der Waals surface area contributed by atoms with Gasteiger partial charge in [0.25, 0.3) is 0 Å². The Labute approximate surface area is 129 Å². The Kier molecular flexibility index (Phi) is 4.08. The minimum Gasteiger partial charge on any atom is -0.333 e. The molecule has 1 aromatic carbocycles. The second kappa shape index (κ2) is 6.00. The zero-order valence-corrected chi connectivity index (χ0v) is 13.0. The van der Waals surface area contributed by atoms with Crippen molar-refractivity contribution in [3.8, 4) is 0 Å². The molecule has 2 atom stereocenters. The number of hydrogen-bond donors (Lipinski definition) is 1. The zero-order chi connectivity index (χ0) is 14.8. The number of nitrogens with zero attached hydrogens (tertiary/aromatic N) is 1. The third-order valence-corrected chi connectivity index (χ3v) is 5.08.